The first-order chi connectivity index (χ1) is 9.80. The third-order valence-corrected chi connectivity index (χ3v) is 4.02. The second-order valence-electron chi connectivity index (χ2n) is 6.60. The fourth-order valence-corrected chi connectivity index (χ4v) is 2.81. The number of rotatable bonds is 3. The molecule has 0 bridgehead atoms. The standard InChI is InChI=1S/C17H26N2O2/c1-12-5-6-14(7-13(12)2)8-16(20)19-10-15(9-18)21-17(3,4)11-19/h5-7,15H,8-11,18H2,1-4H3. The molecule has 1 aliphatic rings. The summed E-state index contributed by atoms with van der Waals surface area (Å²) in [5.41, 5.74) is 8.92. The lowest BCUT2D eigenvalue weighted by molar-refractivity contribution is -0.158. The number of hydrogen-bond donors (Lipinski definition) is 1. The van der Waals surface area contributed by atoms with Crippen molar-refractivity contribution in [1.82, 2.24) is 4.90 Å². The molecule has 0 radical (unpaired) electrons. The quantitative estimate of drug-likeness (QED) is 0.923. The van der Waals surface area contributed by atoms with E-state index in [-0.39, 0.29) is 17.6 Å². The summed E-state index contributed by atoms with van der Waals surface area (Å²) >= 11 is 0. The van der Waals surface area contributed by atoms with Crippen molar-refractivity contribution in [2.75, 3.05) is 19.6 Å². The second kappa shape index (κ2) is 6.16. The lowest BCUT2D eigenvalue weighted by Crippen LogP contribution is -2.56. The molecule has 1 heterocycles. The van der Waals surface area contributed by atoms with E-state index in [9.17, 15) is 4.79 Å². The van der Waals surface area contributed by atoms with E-state index >= 15 is 0 Å². The molecule has 0 aromatic heterocycles. The van der Waals surface area contributed by atoms with Crippen LogP contribution in [-0.2, 0) is 16.0 Å². The molecule has 1 fully saturated rings. The molecule has 0 aliphatic carbocycles. The Bertz CT molecular complexity index is 526. The molecule has 2 rings (SSSR count). The van der Waals surface area contributed by atoms with Gasteiger partial charge in [-0.15, -0.1) is 0 Å². The van der Waals surface area contributed by atoms with Crippen molar-refractivity contribution in [2.45, 2.75) is 45.8 Å². The molecule has 1 aliphatic heterocycles. The molecule has 4 nitrogen and oxygen atoms in total. The van der Waals surface area contributed by atoms with Gasteiger partial charge in [0.15, 0.2) is 0 Å². The lowest BCUT2D eigenvalue weighted by Gasteiger charge is -2.42. The second-order valence-corrected chi connectivity index (χ2v) is 6.60. The number of carbonyl (C=O) groups is 1. The zero-order chi connectivity index (χ0) is 15.6. The summed E-state index contributed by atoms with van der Waals surface area (Å²) in [7, 11) is 0. The minimum atomic E-state index is -0.332. The van der Waals surface area contributed by atoms with Gasteiger partial charge in [0.1, 0.15) is 0 Å². The first-order valence-corrected chi connectivity index (χ1v) is 7.52. The van der Waals surface area contributed by atoms with Crippen LogP contribution in [0.15, 0.2) is 18.2 Å². The molecule has 1 aromatic carbocycles. The van der Waals surface area contributed by atoms with Gasteiger partial charge >= 0.3 is 0 Å². The number of benzene rings is 1. The van der Waals surface area contributed by atoms with Crippen LogP contribution in [0.5, 0.6) is 0 Å². The first-order valence-electron chi connectivity index (χ1n) is 7.52. The van der Waals surface area contributed by atoms with Crippen LogP contribution in [0.1, 0.15) is 30.5 Å². The van der Waals surface area contributed by atoms with Gasteiger partial charge in [0.05, 0.1) is 18.1 Å². The number of aryl methyl sites for hydroxylation is 2. The summed E-state index contributed by atoms with van der Waals surface area (Å²) < 4.78 is 5.87. The highest BCUT2D eigenvalue weighted by atomic mass is 16.5. The molecule has 1 amide bonds. The fourth-order valence-electron chi connectivity index (χ4n) is 2.81. The number of carbonyl (C=O) groups excluding carboxylic acids is 1. The maximum Gasteiger partial charge on any atom is 0.227 e. The highest BCUT2D eigenvalue weighted by molar-refractivity contribution is 5.79. The van der Waals surface area contributed by atoms with E-state index < -0.39 is 0 Å². The molecule has 2 N–H and O–H groups in total. The fraction of sp³-hybridized carbons (Fsp3) is 0.588. The van der Waals surface area contributed by atoms with Gasteiger partial charge in [0.25, 0.3) is 0 Å². The molecular weight excluding hydrogens is 264 g/mol. The first kappa shape index (κ1) is 16.0. The van der Waals surface area contributed by atoms with Crippen LogP contribution < -0.4 is 5.73 Å². The Balaban J connectivity index is 2.06. The molecule has 116 valence electrons. The zero-order valence-electron chi connectivity index (χ0n) is 13.5. The van der Waals surface area contributed by atoms with Gasteiger partial charge in [-0.2, -0.15) is 0 Å². The van der Waals surface area contributed by atoms with Crippen molar-refractivity contribution in [3.63, 3.8) is 0 Å². The normalized spacial score (nSPS) is 21.4. The summed E-state index contributed by atoms with van der Waals surface area (Å²) in [4.78, 5) is 14.4. The van der Waals surface area contributed by atoms with E-state index in [1.807, 2.05) is 24.8 Å². The Morgan fingerprint density at radius 1 is 1.38 bits per heavy atom. The number of hydrogen-bond acceptors (Lipinski definition) is 3. The van der Waals surface area contributed by atoms with Crippen molar-refractivity contribution < 1.29 is 9.53 Å². The van der Waals surface area contributed by atoms with Gasteiger partial charge in [0, 0.05) is 19.6 Å². The van der Waals surface area contributed by atoms with Crippen molar-refractivity contribution in [2.24, 2.45) is 5.73 Å². The van der Waals surface area contributed by atoms with Crippen molar-refractivity contribution in [1.29, 1.82) is 0 Å². The molecule has 1 unspecified atom stereocenters. The van der Waals surface area contributed by atoms with Gasteiger partial charge in [-0.1, -0.05) is 18.2 Å². The summed E-state index contributed by atoms with van der Waals surface area (Å²) in [5.74, 6) is 0.146. The average molecular weight is 290 g/mol. The van der Waals surface area contributed by atoms with Gasteiger partial charge in [0.2, 0.25) is 5.91 Å². The Morgan fingerprint density at radius 3 is 2.71 bits per heavy atom. The number of ether oxygens (including phenoxy) is 1. The van der Waals surface area contributed by atoms with Gasteiger partial charge in [-0.3, -0.25) is 4.79 Å². The highest BCUT2D eigenvalue weighted by Gasteiger charge is 2.34. The van der Waals surface area contributed by atoms with Gasteiger partial charge < -0.3 is 15.4 Å². The molecule has 1 saturated heterocycles. The lowest BCUT2D eigenvalue weighted by atomic mass is 10.0. The summed E-state index contributed by atoms with van der Waals surface area (Å²) in [6, 6.07) is 6.20. The Hall–Kier alpha value is -1.39. The number of amides is 1. The molecule has 1 aromatic rings. The van der Waals surface area contributed by atoms with Gasteiger partial charge in [-0.05, 0) is 44.4 Å². The van der Waals surface area contributed by atoms with E-state index in [1.54, 1.807) is 0 Å². The molecule has 0 spiro atoms. The molecule has 4 heteroatoms. The van der Waals surface area contributed by atoms with Crippen molar-refractivity contribution in [3.8, 4) is 0 Å². The summed E-state index contributed by atoms with van der Waals surface area (Å²) in [5, 5.41) is 0. The average Bonchev–Trinajstić information content (AvgIpc) is 2.41. The van der Waals surface area contributed by atoms with Crippen molar-refractivity contribution in [3.05, 3.63) is 34.9 Å². The van der Waals surface area contributed by atoms with E-state index in [2.05, 4.69) is 26.0 Å². The largest absolute Gasteiger partial charge is 0.367 e. The molecule has 0 saturated carbocycles. The van der Waals surface area contributed by atoms with E-state index in [1.165, 1.54) is 11.1 Å². The highest BCUT2D eigenvalue weighted by Crippen LogP contribution is 2.21. The Labute approximate surface area is 127 Å². The summed E-state index contributed by atoms with van der Waals surface area (Å²) in [6.07, 6.45) is 0.367. The van der Waals surface area contributed by atoms with Crippen LogP contribution in [0.4, 0.5) is 0 Å². The van der Waals surface area contributed by atoms with E-state index in [4.69, 9.17) is 10.5 Å². The van der Waals surface area contributed by atoms with Crippen molar-refractivity contribution >= 4 is 5.91 Å². The summed E-state index contributed by atoms with van der Waals surface area (Å²) in [6.45, 7) is 9.81. The third-order valence-electron chi connectivity index (χ3n) is 4.02. The minimum absolute atomic E-state index is 0.0718. The monoisotopic (exact) mass is 290 g/mol. The van der Waals surface area contributed by atoms with Crippen LogP contribution in [0.2, 0.25) is 0 Å². The Morgan fingerprint density at radius 2 is 2.10 bits per heavy atom. The zero-order valence-corrected chi connectivity index (χ0v) is 13.5. The number of nitrogens with two attached hydrogens (primary N) is 1. The van der Waals surface area contributed by atoms with Gasteiger partial charge in [-0.25, -0.2) is 0 Å². The smallest absolute Gasteiger partial charge is 0.227 e. The maximum atomic E-state index is 12.5. The molecular formula is C17H26N2O2. The predicted molar refractivity (Wildman–Crippen MR) is 84.2 cm³/mol. The number of morpholine rings is 1. The Kier molecular flexibility index (Phi) is 4.69. The van der Waals surface area contributed by atoms with E-state index in [0.29, 0.717) is 26.1 Å². The van der Waals surface area contributed by atoms with Crippen LogP contribution in [-0.4, -0.2) is 42.1 Å². The molecule has 21 heavy (non-hydrogen) atoms. The maximum absolute atomic E-state index is 12.5. The third kappa shape index (κ3) is 4.05. The topological polar surface area (TPSA) is 55.6 Å². The number of nitrogens with zero attached hydrogens (tertiary/aromatic N) is 1. The van der Waals surface area contributed by atoms with Crippen LogP contribution in [0.3, 0.4) is 0 Å². The van der Waals surface area contributed by atoms with E-state index in [0.717, 1.165) is 5.56 Å². The van der Waals surface area contributed by atoms with Crippen LogP contribution in [0.25, 0.3) is 0 Å². The SMILES string of the molecule is Cc1ccc(CC(=O)N2CC(CN)OC(C)(C)C2)cc1C. The van der Waals surface area contributed by atoms with Crippen LogP contribution in [0, 0.1) is 13.8 Å². The predicted octanol–water partition coefficient (Wildman–Crippen LogP) is 1.81. The molecule has 1 atom stereocenters. The minimum Gasteiger partial charge on any atom is -0.367 e. The van der Waals surface area contributed by atoms with Crippen LogP contribution >= 0.6 is 0 Å².